The van der Waals surface area contributed by atoms with Crippen LogP contribution in [0.2, 0.25) is 0 Å². The van der Waals surface area contributed by atoms with Crippen LogP contribution in [0.5, 0.6) is 23.0 Å². The molecule has 0 aliphatic carbocycles. The van der Waals surface area contributed by atoms with Crippen molar-refractivity contribution in [2.45, 2.75) is 186 Å². The van der Waals surface area contributed by atoms with Crippen molar-refractivity contribution in [2.24, 2.45) is 0 Å². The molecule has 16 nitrogen and oxygen atoms in total. The monoisotopic (exact) mass is 1360 g/mol. The molecular formula is C84H92O16. The summed E-state index contributed by atoms with van der Waals surface area (Å²) in [4.78, 5) is 97.0. The maximum atomic E-state index is 12.8. The molecule has 0 radical (unpaired) electrons. The standard InChI is InChI=1S/C52H58O8.C32H34O8/c1-29-19-39(20-30(2)43(29)27-53)45(40-21-31(3)44(28-54)32(4)22-40)37-15-17-38(18-16-37)46(41-23-33(5)47(34(6)24-41)57-49(55)59-51(9,10)11)42-25-35(7)48(36(8)26-42)58-50(56)60-52(12,13)14;1-31(2,3)39-29(35)37-27-11-7-21(8-12-27)15-23-17-24(26(20-34)18-25(23)19-33)16-22-9-13-28(14-10-22)38-30(36)40-32(4,5)6/h15-28,45-46H,1-14H3;7-14,17-20H,15-16H2,1-6H3. The molecule has 100 heavy (non-hydrogen) atoms. The van der Waals surface area contributed by atoms with Gasteiger partial charge in [-0.2, -0.15) is 0 Å². The molecule has 0 N–H and O–H groups in total. The summed E-state index contributed by atoms with van der Waals surface area (Å²) in [6, 6.07) is 42.2. The van der Waals surface area contributed by atoms with Crippen LogP contribution in [-0.4, -0.2) is 72.2 Å². The van der Waals surface area contributed by atoms with Gasteiger partial charge in [-0.3, -0.25) is 19.2 Å². The van der Waals surface area contributed by atoms with Crippen LogP contribution in [0.15, 0.2) is 133 Å². The second-order valence-corrected chi connectivity index (χ2v) is 29.3. The highest BCUT2D eigenvalue weighted by atomic mass is 16.7. The lowest BCUT2D eigenvalue weighted by molar-refractivity contribution is 0.0190. The van der Waals surface area contributed by atoms with Crippen molar-refractivity contribution in [1.82, 2.24) is 0 Å². The van der Waals surface area contributed by atoms with E-state index in [4.69, 9.17) is 37.9 Å². The fourth-order valence-electron chi connectivity index (χ4n) is 11.9. The molecule has 16 heteroatoms. The fourth-order valence-corrected chi connectivity index (χ4v) is 11.9. The average molecular weight is 1360 g/mol. The van der Waals surface area contributed by atoms with E-state index in [-0.39, 0.29) is 11.8 Å². The molecule has 0 aliphatic heterocycles. The van der Waals surface area contributed by atoms with E-state index >= 15 is 0 Å². The van der Waals surface area contributed by atoms with Crippen LogP contribution < -0.4 is 18.9 Å². The predicted molar refractivity (Wildman–Crippen MR) is 386 cm³/mol. The first-order valence-electron chi connectivity index (χ1n) is 33.1. The predicted octanol–water partition coefficient (Wildman–Crippen LogP) is 19.9. The summed E-state index contributed by atoms with van der Waals surface area (Å²) in [5.41, 5.74) is 15.4. The summed E-state index contributed by atoms with van der Waals surface area (Å²) in [6.45, 7) is 36.7. The molecule has 0 atom stereocenters. The van der Waals surface area contributed by atoms with E-state index in [1.807, 2.05) is 85.7 Å². The van der Waals surface area contributed by atoms with Crippen molar-refractivity contribution in [2.75, 3.05) is 0 Å². The SMILES string of the molecule is CC(C)(C)OC(=O)Oc1ccc(Cc2cc(Cc3ccc(OC(=O)OC(C)(C)C)cc3)c(C=O)cc2C=O)cc1.Cc1cc(C(c2ccc(C(c3cc(C)c(OC(=O)OC(C)(C)C)c(C)c3)c3cc(C)c(OC(=O)OC(C)(C)C)c(C)c3)cc2)c2cc(C)c(C=O)c(C)c2)cc(C)c1C=O. The van der Waals surface area contributed by atoms with Crippen molar-refractivity contribution in [1.29, 1.82) is 0 Å². The molecule has 0 heterocycles. The fraction of sp³-hybridized carbons (Fsp3) is 0.333. The van der Waals surface area contributed by atoms with Gasteiger partial charge in [0, 0.05) is 34.1 Å². The van der Waals surface area contributed by atoms with E-state index in [9.17, 15) is 38.4 Å². The molecule has 0 unspecified atom stereocenters. The van der Waals surface area contributed by atoms with E-state index in [1.165, 1.54) is 0 Å². The van der Waals surface area contributed by atoms with Gasteiger partial charge in [0.2, 0.25) is 0 Å². The molecule has 524 valence electrons. The van der Waals surface area contributed by atoms with Gasteiger partial charge in [-0.25, -0.2) is 19.2 Å². The Morgan fingerprint density at radius 1 is 0.310 bits per heavy atom. The lowest BCUT2D eigenvalue weighted by Crippen LogP contribution is -2.26. The second-order valence-electron chi connectivity index (χ2n) is 29.3. The summed E-state index contributed by atoms with van der Waals surface area (Å²) < 4.78 is 43.2. The number of hydrogen-bond acceptors (Lipinski definition) is 16. The zero-order chi connectivity index (χ0) is 73.9. The minimum Gasteiger partial charge on any atom is -0.428 e. The lowest BCUT2D eigenvalue weighted by atomic mass is 9.79. The number of aryl methyl sites for hydroxylation is 8. The second kappa shape index (κ2) is 32.0. The van der Waals surface area contributed by atoms with Gasteiger partial charge in [-0.1, -0.05) is 103 Å². The molecule has 0 fully saturated rings. The smallest absolute Gasteiger partial charge is 0.428 e. The zero-order valence-electron chi connectivity index (χ0n) is 61.1. The number of ether oxygens (including phenoxy) is 8. The first kappa shape index (κ1) is 76.9. The molecule has 0 saturated carbocycles. The summed E-state index contributed by atoms with van der Waals surface area (Å²) in [5.74, 6) is 1.07. The maximum Gasteiger partial charge on any atom is 0.514 e. The Balaban J connectivity index is 0.000000305. The largest absolute Gasteiger partial charge is 0.514 e. The van der Waals surface area contributed by atoms with E-state index < -0.39 is 47.0 Å². The average Bonchev–Trinajstić information content (AvgIpc) is 0.775. The minimum absolute atomic E-state index is 0.198. The van der Waals surface area contributed by atoms with Crippen LogP contribution in [0.25, 0.3) is 0 Å². The summed E-state index contributed by atoms with van der Waals surface area (Å²) in [5, 5.41) is 0. The van der Waals surface area contributed by atoms with Crippen molar-refractivity contribution >= 4 is 49.8 Å². The van der Waals surface area contributed by atoms with Crippen molar-refractivity contribution in [3.8, 4) is 23.0 Å². The topological polar surface area (TPSA) is 210 Å². The Kier molecular flexibility index (Phi) is 24.6. The molecule has 0 spiro atoms. The third-order valence-electron chi connectivity index (χ3n) is 16.0. The highest BCUT2D eigenvalue weighted by Crippen LogP contribution is 2.42. The van der Waals surface area contributed by atoms with Crippen LogP contribution in [0.1, 0.15) is 236 Å². The number of carbonyl (C=O) groups is 8. The molecular weight excluding hydrogens is 1260 g/mol. The molecule has 8 aromatic rings. The van der Waals surface area contributed by atoms with E-state index in [0.717, 1.165) is 125 Å². The minimum atomic E-state index is -0.790. The van der Waals surface area contributed by atoms with Gasteiger partial charge in [0.05, 0.1) is 0 Å². The maximum absolute atomic E-state index is 12.8. The Hall–Kier alpha value is -10.5. The Bertz CT molecular complexity index is 4010. The van der Waals surface area contributed by atoms with Crippen LogP contribution in [0.3, 0.4) is 0 Å². The van der Waals surface area contributed by atoms with Gasteiger partial charge in [-0.15, -0.1) is 0 Å². The van der Waals surface area contributed by atoms with Crippen LogP contribution >= 0.6 is 0 Å². The molecule has 0 aromatic heterocycles. The Morgan fingerprint density at radius 3 is 0.800 bits per heavy atom. The van der Waals surface area contributed by atoms with E-state index in [0.29, 0.717) is 58.1 Å². The molecule has 8 rings (SSSR count). The van der Waals surface area contributed by atoms with Gasteiger partial charge in [0.1, 0.15) is 58.0 Å². The molecule has 0 amide bonds. The van der Waals surface area contributed by atoms with Gasteiger partial charge in [-0.05, 0) is 282 Å². The number of carbonyl (C=O) groups excluding carboxylic acids is 8. The third-order valence-corrected chi connectivity index (χ3v) is 16.0. The summed E-state index contributed by atoms with van der Waals surface area (Å²) in [6.07, 6.45) is 1.01. The first-order valence-corrected chi connectivity index (χ1v) is 33.1. The molecule has 8 aromatic carbocycles. The van der Waals surface area contributed by atoms with E-state index in [2.05, 4.69) is 48.5 Å². The highest BCUT2D eigenvalue weighted by Gasteiger charge is 2.28. The number of aldehydes is 4. The highest BCUT2D eigenvalue weighted by molar-refractivity contribution is 5.86. The first-order chi connectivity index (χ1) is 46.7. The summed E-state index contributed by atoms with van der Waals surface area (Å²) in [7, 11) is 0. The van der Waals surface area contributed by atoms with Gasteiger partial charge in [0.15, 0.2) is 12.6 Å². The quantitative estimate of drug-likeness (QED) is 0.0257. The van der Waals surface area contributed by atoms with Gasteiger partial charge < -0.3 is 37.9 Å². The van der Waals surface area contributed by atoms with Crippen LogP contribution in [0.4, 0.5) is 19.2 Å². The molecule has 0 bridgehead atoms. The van der Waals surface area contributed by atoms with Gasteiger partial charge >= 0.3 is 24.6 Å². The molecule has 0 saturated heterocycles. The number of benzene rings is 8. The third kappa shape index (κ3) is 21.3. The van der Waals surface area contributed by atoms with E-state index in [1.54, 1.807) is 138 Å². The number of hydrogen-bond donors (Lipinski definition) is 0. The zero-order valence-corrected chi connectivity index (χ0v) is 61.1. The van der Waals surface area contributed by atoms with Crippen LogP contribution in [-0.2, 0) is 31.8 Å². The van der Waals surface area contributed by atoms with Crippen LogP contribution in [0, 0.1) is 55.4 Å². The molecule has 0 aliphatic rings. The lowest BCUT2D eigenvalue weighted by Gasteiger charge is -2.26. The van der Waals surface area contributed by atoms with Gasteiger partial charge in [0.25, 0.3) is 0 Å². The Labute approximate surface area is 587 Å². The normalized spacial score (nSPS) is 11.6. The van der Waals surface area contributed by atoms with Crippen molar-refractivity contribution in [3.05, 3.63) is 256 Å². The Morgan fingerprint density at radius 2 is 0.560 bits per heavy atom. The number of rotatable bonds is 18. The summed E-state index contributed by atoms with van der Waals surface area (Å²) >= 11 is 0. The van der Waals surface area contributed by atoms with Crippen molar-refractivity contribution < 1.29 is 76.3 Å². The van der Waals surface area contributed by atoms with Crippen molar-refractivity contribution in [3.63, 3.8) is 0 Å².